The molecule has 0 radical (unpaired) electrons. The van der Waals surface area contributed by atoms with Gasteiger partial charge in [0, 0.05) is 42.9 Å². The van der Waals surface area contributed by atoms with Crippen molar-refractivity contribution in [2.45, 2.75) is 50.2 Å². The number of fused-ring (bicyclic) bond motifs is 4. The van der Waals surface area contributed by atoms with Crippen molar-refractivity contribution in [3.63, 3.8) is 0 Å². The van der Waals surface area contributed by atoms with Crippen LogP contribution in [0, 0.1) is 5.92 Å². The third kappa shape index (κ3) is 3.30. The van der Waals surface area contributed by atoms with E-state index in [2.05, 4.69) is 19.5 Å². The fourth-order valence-corrected chi connectivity index (χ4v) is 5.45. The molecule has 32 heavy (non-hydrogen) atoms. The normalized spacial score (nSPS) is 30.7. The van der Waals surface area contributed by atoms with Crippen LogP contribution in [0.3, 0.4) is 0 Å². The van der Waals surface area contributed by atoms with Crippen LogP contribution in [-0.4, -0.2) is 65.6 Å². The lowest BCUT2D eigenvalue weighted by Gasteiger charge is -2.32. The molecule has 3 saturated heterocycles. The first-order valence-electron chi connectivity index (χ1n) is 10.8. The maximum Gasteiger partial charge on any atom is 0.387 e. The highest BCUT2D eigenvalue weighted by Gasteiger charge is 2.46. The summed E-state index contributed by atoms with van der Waals surface area (Å²) in [6, 6.07) is 3.55. The molecule has 2 N–H and O–H groups in total. The van der Waals surface area contributed by atoms with Crippen LogP contribution in [0.15, 0.2) is 18.3 Å². The Labute approximate surface area is 182 Å². The minimum Gasteiger partial charge on any atom is -0.431 e. The van der Waals surface area contributed by atoms with E-state index in [0.29, 0.717) is 36.8 Å². The van der Waals surface area contributed by atoms with Gasteiger partial charge in [0.2, 0.25) is 5.95 Å². The molecule has 0 spiro atoms. The van der Waals surface area contributed by atoms with Gasteiger partial charge in [-0.05, 0) is 25.3 Å². The lowest BCUT2D eigenvalue weighted by atomic mass is 10.1. The van der Waals surface area contributed by atoms with Gasteiger partial charge in [0.1, 0.15) is 12.0 Å². The van der Waals surface area contributed by atoms with Gasteiger partial charge in [-0.3, -0.25) is 0 Å². The molecule has 11 heteroatoms. The Morgan fingerprint density at radius 2 is 1.97 bits per heavy atom. The predicted molar refractivity (Wildman–Crippen MR) is 111 cm³/mol. The molecule has 0 amide bonds. The van der Waals surface area contributed by atoms with Gasteiger partial charge in [0.25, 0.3) is 0 Å². The van der Waals surface area contributed by atoms with E-state index in [4.69, 9.17) is 20.4 Å². The summed E-state index contributed by atoms with van der Waals surface area (Å²) in [6.07, 6.45) is 3.11. The highest BCUT2D eigenvalue weighted by Crippen LogP contribution is 2.42. The molecule has 5 atom stereocenters. The molecule has 3 aliphatic heterocycles. The third-order valence-corrected chi connectivity index (χ3v) is 7.00. The Morgan fingerprint density at radius 1 is 1.09 bits per heavy atom. The number of rotatable bonds is 5. The minimum atomic E-state index is -3.01. The Balaban J connectivity index is 1.40. The van der Waals surface area contributed by atoms with Crippen molar-refractivity contribution >= 4 is 17.6 Å². The van der Waals surface area contributed by atoms with E-state index in [0.717, 1.165) is 25.2 Å². The summed E-state index contributed by atoms with van der Waals surface area (Å²) in [5.74, 6) is 0.940. The smallest absolute Gasteiger partial charge is 0.387 e. The van der Waals surface area contributed by atoms with E-state index in [-0.39, 0.29) is 35.7 Å². The summed E-state index contributed by atoms with van der Waals surface area (Å²) >= 11 is 0. The van der Waals surface area contributed by atoms with Crippen molar-refractivity contribution in [2.75, 3.05) is 35.2 Å². The maximum absolute atomic E-state index is 14.1. The second-order valence-corrected chi connectivity index (χ2v) is 8.95. The number of nitrogen functional groups attached to an aromatic ring is 1. The van der Waals surface area contributed by atoms with E-state index in [1.54, 1.807) is 0 Å². The topological polar surface area (TPSA) is 89.6 Å². The zero-order chi connectivity index (χ0) is 22.0. The van der Waals surface area contributed by atoms with Gasteiger partial charge >= 0.3 is 6.61 Å². The molecule has 170 valence electrons. The zero-order valence-corrected chi connectivity index (χ0v) is 17.2. The standard InChI is InChI=1S/C21H23F3N6O2/c22-15-4-12-1-11(15)7-30(12)21-27-16(10-2-17(32-20(23)24)19(25)26-6-10)5-18(28-21)29-8-14-3-13(29)9-31-14/h2,5-6,11-15,20H,1,3-4,7-9H2,(H2,25,26)/t11-,12-,13+,14+,15+/m1/s1. The van der Waals surface area contributed by atoms with Gasteiger partial charge < -0.3 is 25.0 Å². The number of piperidine rings is 1. The summed E-state index contributed by atoms with van der Waals surface area (Å²) in [4.78, 5) is 17.8. The summed E-state index contributed by atoms with van der Waals surface area (Å²) in [7, 11) is 0. The molecule has 0 aromatic carbocycles. The summed E-state index contributed by atoms with van der Waals surface area (Å²) in [5, 5.41) is 0. The summed E-state index contributed by atoms with van der Waals surface area (Å²) < 4.78 is 49.9. The van der Waals surface area contributed by atoms with Gasteiger partial charge in [-0.2, -0.15) is 13.8 Å². The van der Waals surface area contributed by atoms with Crippen molar-refractivity contribution in [3.8, 4) is 17.0 Å². The van der Waals surface area contributed by atoms with Crippen molar-refractivity contribution in [1.82, 2.24) is 15.0 Å². The number of hydrogen-bond donors (Lipinski definition) is 1. The lowest BCUT2D eigenvalue weighted by molar-refractivity contribution is -0.0494. The van der Waals surface area contributed by atoms with Crippen LogP contribution < -0.4 is 20.3 Å². The van der Waals surface area contributed by atoms with Crippen molar-refractivity contribution in [2.24, 2.45) is 5.92 Å². The van der Waals surface area contributed by atoms with E-state index < -0.39 is 12.8 Å². The molecule has 0 unspecified atom stereocenters. The second-order valence-electron chi connectivity index (χ2n) is 8.95. The fourth-order valence-electron chi connectivity index (χ4n) is 5.45. The molecule has 2 aromatic heterocycles. The summed E-state index contributed by atoms with van der Waals surface area (Å²) in [6.45, 7) is -1.06. The lowest BCUT2D eigenvalue weighted by Crippen LogP contribution is -2.39. The van der Waals surface area contributed by atoms with Gasteiger partial charge in [0.15, 0.2) is 11.6 Å². The van der Waals surface area contributed by atoms with Crippen LogP contribution in [-0.2, 0) is 4.74 Å². The van der Waals surface area contributed by atoms with Crippen molar-refractivity contribution in [1.29, 1.82) is 0 Å². The van der Waals surface area contributed by atoms with Gasteiger partial charge in [-0.1, -0.05) is 0 Å². The molecule has 4 aliphatic rings. The number of alkyl halides is 3. The number of nitrogens with two attached hydrogens (primary N) is 1. The van der Waals surface area contributed by atoms with Crippen LogP contribution in [0.4, 0.5) is 30.8 Å². The molecule has 6 rings (SSSR count). The number of morpholine rings is 1. The minimum absolute atomic E-state index is 0.00357. The molecule has 5 heterocycles. The van der Waals surface area contributed by atoms with Crippen LogP contribution in [0.25, 0.3) is 11.3 Å². The zero-order valence-electron chi connectivity index (χ0n) is 17.2. The van der Waals surface area contributed by atoms with Crippen LogP contribution in [0.1, 0.15) is 19.3 Å². The molecule has 4 bridgehead atoms. The average molecular weight is 448 g/mol. The molecule has 8 nitrogen and oxygen atoms in total. The fraction of sp³-hybridized carbons (Fsp3) is 0.571. The number of nitrogens with zero attached hydrogens (tertiary/aromatic N) is 5. The maximum atomic E-state index is 14.1. The Bertz CT molecular complexity index is 1040. The van der Waals surface area contributed by atoms with E-state index >= 15 is 0 Å². The Kier molecular flexibility index (Phi) is 4.56. The second kappa shape index (κ2) is 7.36. The van der Waals surface area contributed by atoms with Gasteiger partial charge in [0.05, 0.1) is 24.4 Å². The third-order valence-electron chi connectivity index (χ3n) is 7.00. The first-order chi connectivity index (χ1) is 15.4. The van der Waals surface area contributed by atoms with Crippen LogP contribution in [0.5, 0.6) is 5.75 Å². The molecular weight excluding hydrogens is 425 g/mol. The highest BCUT2D eigenvalue weighted by molar-refractivity contribution is 5.68. The molecule has 1 saturated carbocycles. The number of aromatic nitrogens is 3. The first-order valence-corrected chi connectivity index (χ1v) is 10.8. The largest absolute Gasteiger partial charge is 0.431 e. The van der Waals surface area contributed by atoms with Gasteiger partial charge in [-0.25, -0.2) is 14.4 Å². The van der Waals surface area contributed by atoms with Crippen LogP contribution >= 0.6 is 0 Å². The number of halogens is 3. The van der Waals surface area contributed by atoms with E-state index in [9.17, 15) is 13.2 Å². The Hall–Kier alpha value is -2.82. The molecular formula is C21H23F3N6O2. The SMILES string of the molecule is Nc1ncc(-c2cc(N3C[C@@H]4C[C@H]3CO4)nc(N3C[C@H]4C[C@@H]3C[C@@H]4F)n2)cc1OC(F)F. The molecule has 2 aromatic rings. The molecule has 4 fully saturated rings. The van der Waals surface area contributed by atoms with Crippen LogP contribution in [0.2, 0.25) is 0 Å². The predicted octanol–water partition coefficient (Wildman–Crippen LogP) is 2.64. The van der Waals surface area contributed by atoms with E-state index in [1.807, 2.05) is 6.07 Å². The number of anilines is 3. The highest BCUT2D eigenvalue weighted by atomic mass is 19.3. The average Bonchev–Trinajstić information content (AvgIpc) is 3.55. The Morgan fingerprint density at radius 3 is 2.62 bits per heavy atom. The van der Waals surface area contributed by atoms with Gasteiger partial charge in [-0.15, -0.1) is 0 Å². The first kappa shape index (κ1) is 19.8. The number of hydrogen-bond acceptors (Lipinski definition) is 8. The van der Waals surface area contributed by atoms with Crippen molar-refractivity contribution in [3.05, 3.63) is 18.3 Å². The molecule has 1 aliphatic carbocycles. The van der Waals surface area contributed by atoms with Crippen molar-refractivity contribution < 1.29 is 22.6 Å². The number of ether oxygens (including phenoxy) is 2. The number of pyridine rings is 1. The monoisotopic (exact) mass is 448 g/mol. The van der Waals surface area contributed by atoms with E-state index in [1.165, 1.54) is 12.3 Å². The summed E-state index contributed by atoms with van der Waals surface area (Å²) in [5.41, 5.74) is 6.72. The quantitative estimate of drug-likeness (QED) is 0.747.